The number of hydrogen-bond acceptors (Lipinski definition) is 4. The van der Waals surface area contributed by atoms with E-state index in [2.05, 4.69) is 15.4 Å². The second-order valence-corrected chi connectivity index (χ2v) is 5.21. The number of rotatable bonds is 5. The topological polar surface area (TPSA) is 68.5 Å². The third-order valence-electron chi connectivity index (χ3n) is 3.22. The highest BCUT2D eigenvalue weighted by atomic mass is 35.5. The Hall–Kier alpha value is -2.60. The van der Waals surface area contributed by atoms with Gasteiger partial charge in [0.15, 0.2) is 5.65 Å². The molecule has 1 amide bonds. The summed E-state index contributed by atoms with van der Waals surface area (Å²) in [5, 5.41) is 7.65. The van der Waals surface area contributed by atoms with Gasteiger partial charge < -0.3 is 10.1 Å². The van der Waals surface area contributed by atoms with Crippen LogP contribution in [0.2, 0.25) is 5.02 Å². The van der Waals surface area contributed by atoms with Crippen molar-refractivity contribution < 1.29 is 9.53 Å². The summed E-state index contributed by atoms with van der Waals surface area (Å²) in [6, 6.07) is 10.8. The lowest BCUT2D eigenvalue weighted by Gasteiger charge is -2.04. The van der Waals surface area contributed by atoms with Crippen LogP contribution in [0.5, 0.6) is 5.88 Å². The number of halogens is 1. The Morgan fingerprint density at radius 3 is 2.91 bits per heavy atom. The van der Waals surface area contributed by atoms with Gasteiger partial charge in [-0.15, -0.1) is 5.10 Å². The Morgan fingerprint density at radius 2 is 2.13 bits per heavy atom. The second-order valence-electron chi connectivity index (χ2n) is 4.81. The van der Waals surface area contributed by atoms with Gasteiger partial charge in [-0.2, -0.15) is 0 Å². The van der Waals surface area contributed by atoms with Crippen LogP contribution in [0.4, 0.5) is 0 Å². The van der Waals surface area contributed by atoms with E-state index < -0.39 is 0 Å². The number of nitrogens with one attached hydrogen (secondary N) is 1. The van der Waals surface area contributed by atoms with Crippen molar-refractivity contribution in [3.8, 4) is 5.88 Å². The van der Waals surface area contributed by atoms with Gasteiger partial charge in [0.2, 0.25) is 5.88 Å². The molecule has 6 nitrogen and oxygen atoms in total. The van der Waals surface area contributed by atoms with Crippen molar-refractivity contribution in [2.75, 3.05) is 6.61 Å². The van der Waals surface area contributed by atoms with E-state index >= 15 is 0 Å². The highest BCUT2D eigenvalue weighted by Crippen LogP contribution is 2.15. The Bertz CT molecular complexity index is 847. The van der Waals surface area contributed by atoms with Crippen LogP contribution < -0.4 is 10.1 Å². The summed E-state index contributed by atoms with van der Waals surface area (Å²) >= 11 is 6.07. The van der Waals surface area contributed by atoms with Crippen LogP contribution in [0.3, 0.4) is 0 Å². The smallest absolute Gasteiger partial charge is 0.271 e. The number of imidazole rings is 1. The first kappa shape index (κ1) is 15.3. The average molecular weight is 331 g/mol. The van der Waals surface area contributed by atoms with Crippen LogP contribution >= 0.6 is 11.6 Å². The van der Waals surface area contributed by atoms with Crippen molar-refractivity contribution in [1.29, 1.82) is 0 Å². The first-order valence-corrected chi connectivity index (χ1v) is 7.56. The lowest BCUT2D eigenvalue weighted by Crippen LogP contribution is -2.23. The fourth-order valence-electron chi connectivity index (χ4n) is 2.11. The van der Waals surface area contributed by atoms with E-state index in [9.17, 15) is 4.79 Å². The molecule has 0 atom stereocenters. The number of amides is 1. The van der Waals surface area contributed by atoms with E-state index in [1.807, 2.05) is 25.1 Å². The van der Waals surface area contributed by atoms with Gasteiger partial charge in [-0.25, -0.2) is 9.50 Å². The maximum absolute atomic E-state index is 12.2. The lowest BCUT2D eigenvalue weighted by molar-refractivity contribution is 0.0946. The zero-order valence-electron chi connectivity index (χ0n) is 12.5. The van der Waals surface area contributed by atoms with Gasteiger partial charge in [0.05, 0.1) is 12.8 Å². The molecule has 3 rings (SSSR count). The zero-order chi connectivity index (χ0) is 16.2. The molecular weight excluding hydrogens is 316 g/mol. The molecule has 0 aliphatic rings. The second kappa shape index (κ2) is 6.66. The van der Waals surface area contributed by atoms with Crippen molar-refractivity contribution in [1.82, 2.24) is 19.9 Å². The summed E-state index contributed by atoms with van der Waals surface area (Å²) in [5.41, 5.74) is 1.72. The predicted molar refractivity (Wildman–Crippen MR) is 86.8 cm³/mol. The number of carbonyl (C=O) groups excluding carboxylic acids is 1. The van der Waals surface area contributed by atoms with E-state index in [0.717, 1.165) is 5.56 Å². The molecular formula is C16H15ClN4O2. The van der Waals surface area contributed by atoms with Gasteiger partial charge in [0.1, 0.15) is 5.69 Å². The average Bonchev–Trinajstić information content (AvgIpc) is 2.97. The molecule has 3 aromatic rings. The molecule has 118 valence electrons. The predicted octanol–water partition coefficient (Wildman–Crippen LogP) is 2.71. The standard InChI is InChI=1S/C16H15ClN4O2/c1-2-23-15-8-7-14-19-13(10-21(14)20-15)16(22)18-9-11-5-3-4-6-12(11)17/h3-8,10H,2,9H2,1H3,(H,18,22). The van der Waals surface area contributed by atoms with Gasteiger partial charge in [0.25, 0.3) is 5.91 Å². The van der Waals surface area contributed by atoms with Crippen LogP contribution in [0.25, 0.3) is 5.65 Å². The fourth-order valence-corrected chi connectivity index (χ4v) is 2.31. The maximum Gasteiger partial charge on any atom is 0.271 e. The van der Waals surface area contributed by atoms with Crippen LogP contribution in [-0.2, 0) is 6.54 Å². The number of aromatic nitrogens is 3. The summed E-state index contributed by atoms with van der Waals surface area (Å²) in [5.74, 6) is 0.203. The molecule has 0 fully saturated rings. The SMILES string of the molecule is CCOc1ccc2nc(C(=O)NCc3ccccc3Cl)cn2n1. The third-order valence-corrected chi connectivity index (χ3v) is 3.59. The Morgan fingerprint density at radius 1 is 1.30 bits per heavy atom. The molecule has 1 aromatic carbocycles. The van der Waals surface area contributed by atoms with Crippen LogP contribution in [0.15, 0.2) is 42.6 Å². The first-order valence-electron chi connectivity index (χ1n) is 7.18. The number of benzene rings is 1. The minimum Gasteiger partial charge on any atom is -0.477 e. The van der Waals surface area contributed by atoms with Crippen molar-refractivity contribution in [2.24, 2.45) is 0 Å². The van der Waals surface area contributed by atoms with Crippen molar-refractivity contribution in [3.63, 3.8) is 0 Å². The Kier molecular flexibility index (Phi) is 4.43. The molecule has 0 unspecified atom stereocenters. The largest absolute Gasteiger partial charge is 0.477 e. The number of carbonyl (C=O) groups is 1. The summed E-state index contributed by atoms with van der Waals surface area (Å²) in [6.07, 6.45) is 1.57. The number of nitrogens with zero attached hydrogens (tertiary/aromatic N) is 3. The van der Waals surface area contributed by atoms with E-state index in [4.69, 9.17) is 16.3 Å². The highest BCUT2D eigenvalue weighted by molar-refractivity contribution is 6.31. The van der Waals surface area contributed by atoms with Gasteiger partial charge >= 0.3 is 0 Å². The summed E-state index contributed by atoms with van der Waals surface area (Å²) < 4.78 is 6.85. The summed E-state index contributed by atoms with van der Waals surface area (Å²) in [4.78, 5) is 16.5. The first-order chi connectivity index (χ1) is 11.2. The van der Waals surface area contributed by atoms with Gasteiger partial charge in [-0.1, -0.05) is 29.8 Å². The number of ether oxygens (including phenoxy) is 1. The molecule has 23 heavy (non-hydrogen) atoms. The molecule has 0 spiro atoms. The maximum atomic E-state index is 12.2. The van der Waals surface area contributed by atoms with Crippen molar-refractivity contribution in [3.05, 3.63) is 58.9 Å². The molecule has 0 aliphatic heterocycles. The minimum absolute atomic E-state index is 0.284. The molecule has 2 heterocycles. The minimum atomic E-state index is -0.284. The molecule has 2 aromatic heterocycles. The zero-order valence-corrected chi connectivity index (χ0v) is 13.2. The van der Waals surface area contributed by atoms with Crippen molar-refractivity contribution >= 4 is 23.2 Å². The summed E-state index contributed by atoms with van der Waals surface area (Å²) in [7, 11) is 0. The monoisotopic (exact) mass is 330 g/mol. The Labute approximate surface area is 138 Å². The lowest BCUT2D eigenvalue weighted by atomic mass is 10.2. The fraction of sp³-hybridized carbons (Fsp3) is 0.188. The molecule has 0 bridgehead atoms. The molecule has 0 saturated heterocycles. The van der Waals surface area contributed by atoms with Crippen molar-refractivity contribution in [2.45, 2.75) is 13.5 Å². The van der Waals surface area contributed by atoms with E-state index in [-0.39, 0.29) is 5.91 Å². The van der Waals surface area contributed by atoms with Gasteiger partial charge in [0, 0.05) is 17.6 Å². The molecule has 1 N–H and O–H groups in total. The quantitative estimate of drug-likeness (QED) is 0.781. The number of fused-ring (bicyclic) bond motifs is 1. The highest BCUT2D eigenvalue weighted by Gasteiger charge is 2.12. The van der Waals surface area contributed by atoms with E-state index in [1.54, 1.807) is 24.4 Å². The van der Waals surface area contributed by atoms with Crippen LogP contribution in [0.1, 0.15) is 23.0 Å². The summed E-state index contributed by atoms with van der Waals surface area (Å²) in [6.45, 7) is 2.75. The molecule has 0 aliphatic carbocycles. The molecule has 7 heteroatoms. The molecule has 0 saturated carbocycles. The van der Waals surface area contributed by atoms with Gasteiger partial charge in [-0.05, 0) is 24.6 Å². The third kappa shape index (κ3) is 3.43. The van der Waals surface area contributed by atoms with E-state index in [0.29, 0.717) is 35.4 Å². The van der Waals surface area contributed by atoms with E-state index in [1.165, 1.54) is 4.52 Å². The number of hydrogen-bond donors (Lipinski definition) is 1. The van der Waals surface area contributed by atoms with Crippen LogP contribution in [-0.4, -0.2) is 27.1 Å². The molecule has 0 radical (unpaired) electrons. The Balaban J connectivity index is 1.74. The normalized spacial score (nSPS) is 10.7. The van der Waals surface area contributed by atoms with Crippen LogP contribution in [0, 0.1) is 0 Å². The van der Waals surface area contributed by atoms with Gasteiger partial charge in [-0.3, -0.25) is 4.79 Å².